The fourth-order valence-electron chi connectivity index (χ4n) is 4.42. The van der Waals surface area contributed by atoms with Crippen molar-refractivity contribution in [1.29, 1.82) is 0 Å². The summed E-state index contributed by atoms with van der Waals surface area (Å²) in [5.74, 6) is -2.89. The molecular formula is C26H23F3N4O5. The van der Waals surface area contributed by atoms with E-state index in [9.17, 15) is 27.6 Å². The second-order valence-electron chi connectivity index (χ2n) is 8.89. The van der Waals surface area contributed by atoms with Crippen molar-refractivity contribution in [3.63, 3.8) is 0 Å². The standard InChI is InChI=1S/C26H23F3N4O5/c27-26(28,29)25(36)38-33-21-6-8-31-24(35)19(21)14-22(33)18-5-7-30-20(13-18)16-1-3-17(4-2-16)23(34)15-32-9-11-37-12-10-32/h1-5,7,13-14H,6,8-12,15H2,(H,31,35). The minimum atomic E-state index is -5.21. The van der Waals surface area contributed by atoms with Crippen molar-refractivity contribution >= 4 is 17.7 Å². The Morgan fingerprint density at radius 2 is 1.79 bits per heavy atom. The first kappa shape index (κ1) is 25.6. The van der Waals surface area contributed by atoms with Crippen LogP contribution in [0.2, 0.25) is 0 Å². The topological polar surface area (TPSA) is 103 Å². The maximum Gasteiger partial charge on any atom is 0.493 e. The molecule has 0 bridgehead atoms. The number of Topliss-reactive ketones (excluding diaryl/α,β-unsaturated/α-hetero) is 1. The molecule has 0 saturated carbocycles. The maximum atomic E-state index is 13.0. The smallest absolute Gasteiger partial charge is 0.379 e. The van der Waals surface area contributed by atoms with E-state index in [4.69, 9.17) is 9.57 Å². The number of morpholine rings is 1. The number of ketones is 1. The van der Waals surface area contributed by atoms with Crippen LogP contribution in [0.4, 0.5) is 13.2 Å². The number of carbonyl (C=O) groups excluding carboxylic acids is 3. The highest BCUT2D eigenvalue weighted by molar-refractivity contribution is 5.99. The summed E-state index contributed by atoms with van der Waals surface area (Å²) in [6.45, 7) is 3.08. The fraction of sp³-hybridized carbons (Fsp3) is 0.308. The minimum absolute atomic E-state index is 0.0201. The Labute approximate surface area is 215 Å². The molecule has 9 nitrogen and oxygen atoms in total. The van der Waals surface area contributed by atoms with Crippen LogP contribution in [0.1, 0.15) is 26.4 Å². The van der Waals surface area contributed by atoms with E-state index >= 15 is 0 Å². The number of hydrogen-bond donors (Lipinski definition) is 1. The van der Waals surface area contributed by atoms with Gasteiger partial charge < -0.3 is 14.9 Å². The van der Waals surface area contributed by atoms with E-state index in [0.29, 0.717) is 55.2 Å². The number of benzene rings is 1. The lowest BCUT2D eigenvalue weighted by Gasteiger charge is -2.25. The van der Waals surface area contributed by atoms with Crippen LogP contribution in [-0.4, -0.2) is 77.8 Å². The van der Waals surface area contributed by atoms with Gasteiger partial charge in [0, 0.05) is 48.9 Å². The quantitative estimate of drug-likeness (QED) is 0.491. The molecule has 4 heterocycles. The molecule has 5 rings (SSSR count). The molecule has 0 spiro atoms. The van der Waals surface area contributed by atoms with Gasteiger partial charge in [-0.2, -0.15) is 17.9 Å². The van der Waals surface area contributed by atoms with Crippen LogP contribution < -0.4 is 10.2 Å². The number of aromatic nitrogens is 2. The average molecular weight is 528 g/mol. The fourth-order valence-corrected chi connectivity index (χ4v) is 4.42. The van der Waals surface area contributed by atoms with Gasteiger partial charge in [0.15, 0.2) is 5.78 Å². The van der Waals surface area contributed by atoms with Gasteiger partial charge in [0.05, 0.1) is 42.4 Å². The SMILES string of the molecule is O=C(CN1CCOCC1)c1ccc(-c2cc(-c3cc4c(n3OC(=O)C(F)(F)F)CCNC4=O)ccn2)cc1. The summed E-state index contributed by atoms with van der Waals surface area (Å²) in [5, 5.41) is 2.63. The number of fused-ring (bicyclic) bond motifs is 1. The Bertz CT molecular complexity index is 1380. The minimum Gasteiger partial charge on any atom is -0.379 e. The summed E-state index contributed by atoms with van der Waals surface area (Å²) in [7, 11) is 0. The van der Waals surface area contributed by atoms with E-state index < -0.39 is 18.1 Å². The molecule has 2 aliphatic heterocycles. The van der Waals surface area contributed by atoms with Crippen molar-refractivity contribution < 1.29 is 37.1 Å². The first-order valence-corrected chi connectivity index (χ1v) is 11.9. The number of nitrogens with zero attached hydrogens (tertiary/aromatic N) is 3. The number of rotatable bonds is 6. The average Bonchev–Trinajstić information content (AvgIpc) is 3.28. The third-order valence-electron chi connectivity index (χ3n) is 6.38. The predicted octanol–water partition coefficient (Wildman–Crippen LogP) is 2.54. The van der Waals surface area contributed by atoms with E-state index in [1.165, 1.54) is 12.3 Å². The molecule has 1 N–H and O–H groups in total. The normalized spacial score (nSPS) is 16.0. The zero-order valence-electron chi connectivity index (χ0n) is 20.1. The van der Waals surface area contributed by atoms with Gasteiger partial charge in [-0.05, 0) is 18.2 Å². The van der Waals surface area contributed by atoms with Crippen molar-refractivity contribution in [3.05, 3.63) is 65.5 Å². The van der Waals surface area contributed by atoms with Crippen LogP contribution in [0.5, 0.6) is 0 Å². The largest absolute Gasteiger partial charge is 0.493 e. The summed E-state index contributed by atoms with van der Waals surface area (Å²) >= 11 is 0. The van der Waals surface area contributed by atoms with E-state index in [1.54, 1.807) is 36.4 Å². The molecule has 12 heteroatoms. The monoisotopic (exact) mass is 528 g/mol. The highest BCUT2D eigenvalue weighted by Crippen LogP contribution is 2.30. The zero-order chi connectivity index (χ0) is 26.9. The zero-order valence-corrected chi connectivity index (χ0v) is 20.1. The lowest BCUT2D eigenvalue weighted by molar-refractivity contribution is -0.199. The highest BCUT2D eigenvalue weighted by atomic mass is 19.4. The number of ether oxygens (including phenoxy) is 1. The van der Waals surface area contributed by atoms with Crippen LogP contribution in [0, 0.1) is 0 Å². The molecule has 0 atom stereocenters. The lowest BCUT2D eigenvalue weighted by Crippen LogP contribution is -2.39. The molecule has 3 aromatic rings. The predicted molar refractivity (Wildman–Crippen MR) is 128 cm³/mol. The van der Waals surface area contributed by atoms with Gasteiger partial charge in [0.2, 0.25) is 0 Å². The number of carbonyl (C=O) groups is 3. The van der Waals surface area contributed by atoms with Gasteiger partial charge >= 0.3 is 12.1 Å². The third-order valence-corrected chi connectivity index (χ3v) is 6.38. The van der Waals surface area contributed by atoms with Crippen LogP contribution in [-0.2, 0) is 16.0 Å². The molecule has 2 aliphatic rings. The lowest BCUT2D eigenvalue weighted by atomic mass is 10.0. The number of halogens is 3. The summed E-state index contributed by atoms with van der Waals surface area (Å²) in [6.07, 6.45) is -3.57. The van der Waals surface area contributed by atoms with Crippen molar-refractivity contribution in [2.24, 2.45) is 0 Å². The molecule has 0 aliphatic carbocycles. The molecule has 198 valence electrons. The molecule has 38 heavy (non-hydrogen) atoms. The van der Waals surface area contributed by atoms with Crippen LogP contribution in [0.3, 0.4) is 0 Å². The van der Waals surface area contributed by atoms with Gasteiger partial charge in [0.25, 0.3) is 5.91 Å². The molecular weight excluding hydrogens is 505 g/mol. The summed E-state index contributed by atoms with van der Waals surface area (Å²) in [6, 6.07) is 11.4. The Hall–Kier alpha value is -4.03. The maximum absolute atomic E-state index is 13.0. The first-order chi connectivity index (χ1) is 18.2. The van der Waals surface area contributed by atoms with E-state index in [0.717, 1.165) is 4.73 Å². The highest BCUT2D eigenvalue weighted by Gasteiger charge is 2.43. The number of hydrogen-bond acceptors (Lipinski definition) is 7. The van der Waals surface area contributed by atoms with Gasteiger partial charge in [-0.15, -0.1) is 0 Å². The molecule has 1 amide bonds. The molecule has 1 saturated heterocycles. The number of alkyl halides is 3. The number of pyridine rings is 1. The number of nitrogens with one attached hydrogen (secondary N) is 1. The molecule has 1 aromatic carbocycles. The van der Waals surface area contributed by atoms with Gasteiger partial charge in [-0.3, -0.25) is 19.5 Å². The van der Waals surface area contributed by atoms with E-state index in [1.807, 2.05) is 4.90 Å². The second kappa shape index (κ2) is 10.4. The van der Waals surface area contributed by atoms with Gasteiger partial charge in [-0.1, -0.05) is 24.3 Å². The second-order valence-corrected chi connectivity index (χ2v) is 8.89. The molecule has 0 radical (unpaired) electrons. The Kier molecular flexibility index (Phi) is 7.00. The van der Waals surface area contributed by atoms with Crippen LogP contribution in [0.25, 0.3) is 22.5 Å². The third kappa shape index (κ3) is 5.31. The van der Waals surface area contributed by atoms with E-state index in [2.05, 4.69) is 10.3 Å². The van der Waals surface area contributed by atoms with Crippen molar-refractivity contribution in [2.75, 3.05) is 39.4 Å². The Balaban J connectivity index is 1.43. The van der Waals surface area contributed by atoms with Crippen molar-refractivity contribution in [1.82, 2.24) is 19.9 Å². The van der Waals surface area contributed by atoms with Crippen LogP contribution >= 0.6 is 0 Å². The van der Waals surface area contributed by atoms with Gasteiger partial charge in [-0.25, -0.2) is 4.79 Å². The van der Waals surface area contributed by atoms with Crippen LogP contribution in [0.15, 0.2) is 48.7 Å². The number of amides is 1. The van der Waals surface area contributed by atoms with E-state index in [-0.39, 0.29) is 35.7 Å². The van der Waals surface area contributed by atoms with Crippen molar-refractivity contribution in [3.8, 4) is 22.5 Å². The summed E-state index contributed by atoms with van der Waals surface area (Å²) < 4.78 is 45.0. The van der Waals surface area contributed by atoms with Gasteiger partial charge in [0.1, 0.15) is 0 Å². The molecule has 1 fully saturated rings. The summed E-state index contributed by atoms with van der Waals surface area (Å²) in [4.78, 5) is 47.7. The Morgan fingerprint density at radius 3 is 2.50 bits per heavy atom. The Morgan fingerprint density at radius 1 is 1.05 bits per heavy atom. The summed E-state index contributed by atoms with van der Waals surface area (Å²) in [5.41, 5.74) is 2.48. The molecule has 0 unspecified atom stereocenters. The van der Waals surface area contributed by atoms with Crippen molar-refractivity contribution in [2.45, 2.75) is 12.6 Å². The first-order valence-electron chi connectivity index (χ1n) is 11.9. The molecule has 2 aromatic heterocycles.